The summed E-state index contributed by atoms with van der Waals surface area (Å²) in [6, 6.07) is 6.68. The van der Waals surface area contributed by atoms with Crippen LogP contribution in [0.25, 0.3) is 0 Å². The van der Waals surface area contributed by atoms with Gasteiger partial charge in [0.05, 0.1) is 11.3 Å². The molecule has 0 bridgehead atoms. The van der Waals surface area contributed by atoms with E-state index >= 15 is 0 Å². The molecule has 0 unspecified atom stereocenters. The molecule has 1 aromatic carbocycles. The minimum atomic E-state index is -4.35. The van der Waals surface area contributed by atoms with Gasteiger partial charge < -0.3 is 10.2 Å². The first kappa shape index (κ1) is 18.1. The van der Waals surface area contributed by atoms with Crippen LogP contribution in [-0.2, 0) is 19.0 Å². The van der Waals surface area contributed by atoms with Gasteiger partial charge in [-0.1, -0.05) is 0 Å². The number of anilines is 3. The highest BCUT2D eigenvalue weighted by Crippen LogP contribution is 2.31. The second-order valence-electron chi connectivity index (χ2n) is 6.38. The third kappa shape index (κ3) is 3.88. The van der Waals surface area contributed by atoms with Gasteiger partial charge in [-0.15, -0.1) is 0 Å². The molecule has 144 valence electrons. The molecule has 2 aromatic heterocycles. The number of halogens is 3. The minimum absolute atomic E-state index is 0.543. The second kappa shape index (κ2) is 7.41. The second-order valence-corrected chi connectivity index (χ2v) is 6.38. The summed E-state index contributed by atoms with van der Waals surface area (Å²) in [5, 5.41) is 3.12. The maximum Gasteiger partial charge on any atom is 0.416 e. The molecule has 0 aliphatic carbocycles. The number of hydrogen-bond donors (Lipinski definition) is 1. The topological polar surface area (TPSA) is 66.8 Å². The van der Waals surface area contributed by atoms with Gasteiger partial charge in [0, 0.05) is 43.2 Å². The van der Waals surface area contributed by atoms with Crippen LogP contribution in [0, 0.1) is 0 Å². The molecule has 0 atom stereocenters. The van der Waals surface area contributed by atoms with E-state index in [1.54, 1.807) is 18.5 Å². The Hall–Kier alpha value is -3.23. The van der Waals surface area contributed by atoms with E-state index in [2.05, 4.69) is 30.2 Å². The summed E-state index contributed by atoms with van der Waals surface area (Å²) in [6.07, 6.45) is 1.91. The lowest BCUT2D eigenvalue weighted by atomic mass is 10.1. The van der Waals surface area contributed by atoms with Crippen LogP contribution in [0.15, 0.2) is 49.1 Å². The van der Waals surface area contributed by atoms with E-state index in [9.17, 15) is 13.2 Å². The quantitative estimate of drug-likeness (QED) is 0.742. The Morgan fingerprint density at radius 1 is 0.893 bits per heavy atom. The predicted molar refractivity (Wildman–Crippen MR) is 98.4 cm³/mol. The average molecular weight is 386 g/mol. The Kier molecular flexibility index (Phi) is 4.81. The summed E-state index contributed by atoms with van der Waals surface area (Å²) >= 11 is 0. The molecule has 9 heteroatoms. The normalized spacial score (nSPS) is 14.3. The first-order chi connectivity index (χ1) is 13.5. The number of alkyl halides is 3. The molecule has 28 heavy (non-hydrogen) atoms. The lowest BCUT2D eigenvalue weighted by Gasteiger charge is -2.19. The van der Waals surface area contributed by atoms with Gasteiger partial charge in [0.2, 0.25) is 5.95 Å². The van der Waals surface area contributed by atoms with E-state index < -0.39 is 11.7 Å². The van der Waals surface area contributed by atoms with Crippen LogP contribution in [0.2, 0.25) is 0 Å². The number of rotatable bonds is 3. The molecule has 1 N–H and O–H groups in total. The van der Waals surface area contributed by atoms with Gasteiger partial charge in [-0.25, -0.2) is 19.9 Å². The molecule has 1 aliphatic heterocycles. The summed E-state index contributed by atoms with van der Waals surface area (Å²) in [6.45, 7) is 1.43. The summed E-state index contributed by atoms with van der Waals surface area (Å²) in [7, 11) is 0. The van der Waals surface area contributed by atoms with Gasteiger partial charge in [0.1, 0.15) is 12.1 Å². The zero-order valence-electron chi connectivity index (χ0n) is 14.8. The summed E-state index contributed by atoms with van der Waals surface area (Å²) < 4.78 is 38.2. The van der Waals surface area contributed by atoms with E-state index in [1.165, 1.54) is 18.5 Å². The Morgan fingerprint density at radius 3 is 2.32 bits per heavy atom. The number of benzene rings is 1. The van der Waals surface area contributed by atoms with E-state index in [0.717, 1.165) is 29.9 Å². The monoisotopic (exact) mass is 386 g/mol. The molecule has 0 saturated heterocycles. The lowest BCUT2D eigenvalue weighted by Crippen LogP contribution is -2.27. The minimum Gasteiger partial charge on any atom is -0.340 e. The molecular formula is C19H17F3N6. The van der Waals surface area contributed by atoms with E-state index in [4.69, 9.17) is 0 Å². The molecule has 3 heterocycles. The van der Waals surface area contributed by atoms with E-state index in [1.807, 2.05) is 0 Å². The number of nitrogens with one attached hydrogen (secondary N) is 1. The first-order valence-electron chi connectivity index (χ1n) is 8.80. The van der Waals surface area contributed by atoms with Crippen LogP contribution in [0.4, 0.5) is 30.6 Å². The van der Waals surface area contributed by atoms with Crippen molar-refractivity contribution in [3.63, 3.8) is 0 Å². The first-order valence-corrected chi connectivity index (χ1v) is 8.80. The maximum absolute atomic E-state index is 12.7. The fourth-order valence-corrected chi connectivity index (χ4v) is 3.17. The number of nitrogens with zero attached hydrogens (tertiary/aromatic N) is 5. The lowest BCUT2D eigenvalue weighted by molar-refractivity contribution is -0.137. The number of aromatic nitrogens is 4. The molecule has 0 radical (unpaired) electrons. The molecule has 0 saturated carbocycles. The van der Waals surface area contributed by atoms with Crippen molar-refractivity contribution < 1.29 is 13.2 Å². The van der Waals surface area contributed by atoms with Gasteiger partial charge in [-0.3, -0.25) is 0 Å². The molecular weight excluding hydrogens is 369 g/mol. The standard InChI is InChI=1S/C19H17F3N6/c20-19(21,22)13-2-4-14(5-3-13)27-17-15-6-10-28(18-23-8-1-9-24-18)11-7-16(15)25-12-26-17/h1-5,8-9,12H,6-7,10-11H2,(H,25,26,27). The van der Waals surface area contributed by atoms with Gasteiger partial charge in [0.15, 0.2) is 0 Å². The largest absolute Gasteiger partial charge is 0.416 e. The summed E-state index contributed by atoms with van der Waals surface area (Å²) in [5.41, 5.74) is 1.74. The van der Waals surface area contributed by atoms with Crippen molar-refractivity contribution in [1.29, 1.82) is 0 Å². The molecule has 0 amide bonds. The van der Waals surface area contributed by atoms with Crippen molar-refractivity contribution in [2.45, 2.75) is 19.0 Å². The van der Waals surface area contributed by atoms with Gasteiger partial charge in [-0.2, -0.15) is 13.2 Å². The third-order valence-corrected chi connectivity index (χ3v) is 4.59. The van der Waals surface area contributed by atoms with Crippen molar-refractivity contribution in [3.05, 3.63) is 65.9 Å². The zero-order chi connectivity index (χ0) is 19.6. The third-order valence-electron chi connectivity index (χ3n) is 4.59. The van der Waals surface area contributed by atoms with Gasteiger partial charge in [0.25, 0.3) is 0 Å². The number of hydrogen-bond acceptors (Lipinski definition) is 6. The van der Waals surface area contributed by atoms with Gasteiger partial charge in [-0.05, 0) is 36.8 Å². The predicted octanol–water partition coefficient (Wildman–Crippen LogP) is 3.63. The van der Waals surface area contributed by atoms with Crippen LogP contribution in [0.3, 0.4) is 0 Å². The molecule has 0 fully saturated rings. The molecule has 4 rings (SSSR count). The SMILES string of the molecule is FC(F)(F)c1ccc(Nc2ncnc3c2CCN(c2ncccn2)CC3)cc1. The van der Waals surface area contributed by atoms with Crippen LogP contribution in [-0.4, -0.2) is 33.0 Å². The maximum atomic E-state index is 12.7. The van der Waals surface area contributed by atoms with Crippen molar-refractivity contribution in [1.82, 2.24) is 19.9 Å². The van der Waals surface area contributed by atoms with Crippen molar-refractivity contribution in [3.8, 4) is 0 Å². The summed E-state index contributed by atoms with van der Waals surface area (Å²) in [5.74, 6) is 1.28. The Morgan fingerprint density at radius 2 is 1.61 bits per heavy atom. The molecule has 1 aliphatic rings. The van der Waals surface area contributed by atoms with E-state index in [0.29, 0.717) is 36.8 Å². The Bertz CT molecular complexity index is 944. The number of fused-ring (bicyclic) bond motifs is 1. The van der Waals surface area contributed by atoms with Crippen LogP contribution >= 0.6 is 0 Å². The highest BCUT2D eigenvalue weighted by atomic mass is 19.4. The highest BCUT2D eigenvalue weighted by Gasteiger charge is 2.30. The van der Waals surface area contributed by atoms with Crippen LogP contribution in [0.5, 0.6) is 0 Å². The van der Waals surface area contributed by atoms with Crippen LogP contribution in [0.1, 0.15) is 16.8 Å². The smallest absolute Gasteiger partial charge is 0.340 e. The van der Waals surface area contributed by atoms with Crippen LogP contribution < -0.4 is 10.2 Å². The Labute approximate surface area is 159 Å². The fraction of sp³-hybridized carbons (Fsp3) is 0.263. The highest BCUT2D eigenvalue weighted by molar-refractivity contribution is 5.61. The molecule has 3 aromatic rings. The average Bonchev–Trinajstić information content (AvgIpc) is 2.92. The van der Waals surface area contributed by atoms with Crippen molar-refractivity contribution >= 4 is 17.5 Å². The fourth-order valence-electron chi connectivity index (χ4n) is 3.17. The van der Waals surface area contributed by atoms with Gasteiger partial charge >= 0.3 is 6.18 Å². The van der Waals surface area contributed by atoms with Crippen molar-refractivity contribution in [2.75, 3.05) is 23.3 Å². The summed E-state index contributed by atoms with van der Waals surface area (Å²) in [4.78, 5) is 19.4. The zero-order valence-corrected chi connectivity index (χ0v) is 14.8. The van der Waals surface area contributed by atoms with Crippen molar-refractivity contribution in [2.24, 2.45) is 0 Å². The Balaban J connectivity index is 1.54. The molecule has 6 nitrogen and oxygen atoms in total. The van der Waals surface area contributed by atoms with E-state index in [-0.39, 0.29) is 0 Å². The molecule has 0 spiro atoms.